The molecule has 234 valence electrons. The summed E-state index contributed by atoms with van der Waals surface area (Å²) >= 11 is 0. The molecule has 4 heteroatoms. The van der Waals surface area contributed by atoms with Crippen LogP contribution in [0.2, 0.25) is 0 Å². The zero-order chi connectivity index (χ0) is 33.1. The van der Waals surface area contributed by atoms with Crippen LogP contribution < -0.4 is 4.74 Å². The molecule has 0 amide bonds. The van der Waals surface area contributed by atoms with Gasteiger partial charge in [0.15, 0.2) is 17.5 Å². The van der Waals surface area contributed by atoms with Gasteiger partial charge in [-0.15, -0.1) is 0 Å². The molecule has 0 atom stereocenters. The second-order valence-corrected chi connectivity index (χ2v) is 12.7. The molecule has 0 saturated carbocycles. The second-order valence-electron chi connectivity index (χ2n) is 12.7. The zero-order valence-electron chi connectivity index (χ0n) is 27.0. The Morgan fingerprint density at radius 1 is 0.340 bits per heavy atom. The molecule has 0 radical (unpaired) electrons. The van der Waals surface area contributed by atoms with E-state index in [0.717, 1.165) is 50.4 Å². The number of benzene rings is 7. The van der Waals surface area contributed by atoms with Gasteiger partial charge in [-0.1, -0.05) is 158 Å². The predicted octanol–water partition coefficient (Wildman–Crippen LogP) is 11.0. The van der Waals surface area contributed by atoms with Crippen molar-refractivity contribution in [3.8, 4) is 67.9 Å². The van der Waals surface area contributed by atoms with Gasteiger partial charge in [-0.25, -0.2) is 15.0 Å². The van der Waals surface area contributed by atoms with Crippen LogP contribution in [0.4, 0.5) is 0 Å². The molecular weight excluding hydrogens is 611 g/mol. The highest BCUT2D eigenvalue weighted by atomic mass is 16.5. The lowest BCUT2D eigenvalue weighted by Crippen LogP contribution is -2.32. The van der Waals surface area contributed by atoms with E-state index in [-0.39, 0.29) is 0 Å². The molecule has 2 heterocycles. The molecule has 50 heavy (non-hydrogen) atoms. The highest BCUT2D eigenvalue weighted by Crippen LogP contribution is 2.64. The third kappa shape index (κ3) is 4.22. The van der Waals surface area contributed by atoms with Gasteiger partial charge in [-0.05, 0) is 51.6 Å². The maximum Gasteiger partial charge on any atom is 0.164 e. The number of nitrogens with zero attached hydrogens (tertiary/aromatic N) is 3. The minimum Gasteiger partial charge on any atom is -0.457 e. The summed E-state index contributed by atoms with van der Waals surface area (Å²) in [6.07, 6.45) is 0. The molecule has 1 spiro atoms. The molecule has 8 aromatic rings. The number of rotatable bonds is 4. The summed E-state index contributed by atoms with van der Waals surface area (Å²) in [5, 5.41) is 0. The lowest BCUT2D eigenvalue weighted by Gasteiger charge is -2.40. The van der Waals surface area contributed by atoms with Crippen molar-refractivity contribution < 1.29 is 4.74 Å². The van der Waals surface area contributed by atoms with Crippen molar-refractivity contribution in [2.45, 2.75) is 5.41 Å². The van der Waals surface area contributed by atoms with E-state index < -0.39 is 5.41 Å². The van der Waals surface area contributed by atoms with Crippen LogP contribution in [0.1, 0.15) is 22.3 Å². The van der Waals surface area contributed by atoms with Crippen LogP contribution in [-0.4, -0.2) is 15.0 Å². The monoisotopic (exact) mass is 639 g/mol. The molecular formula is C46H29N3O. The van der Waals surface area contributed by atoms with Crippen LogP contribution in [0, 0.1) is 0 Å². The van der Waals surface area contributed by atoms with Gasteiger partial charge in [0.05, 0.1) is 5.41 Å². The van der Waals surface area contributed by atoms with Crippen molar-refractivity contribution in [3.05, 3.63) is 198 Å². The standard InChI is InChI=1S/C46H29N3O/c1-4-15-30(16-5-1)33-27-28-37-36(29-33)34-21-14-22-35(42(34)46(37)38-23-10-12-25-40(38)50-41-26-13-11-24-39(41)46)45-48-43(31-17-6-2-7-18-31)47-44(49-45)32-19-8-3-9-20-32/h1-29H. The Bertz CT molecular complexity index is 2460. The maximum atomic E-state index is 6.65. The van der Waals surface area contributed by atoms with Gasteiger partial charge in [0, 0.05) is 27.8 Å². The van der Waals surface area contributed by atoms with Crippen molar-refractivity contribution in [2.75, 3.05) is 0 Å². The average molecular weight is 640 g/mol. The molecule has 0 fully saturated rings. The Hall–Kier alpha value is -6.65. The van der Waals surface area contributed by atoms with Gasteiger partial charge in [0.25, 0.3) is 0 Å². The minimum atomic E-state index is -0.686. The van der Waals surface area contributed by atoms with E-state index in [4.69, 9.17) is 19.7 Å². The van der Waals surface area contributed by atoms with E-state index in [1.54, 1.807) is 0 Å². The van der Waals surface area contributed by atoms with Crippen LogP contribution >= 0.6 is 0 Å². The van der Waals surface area contributed by atoms with Gasteiger partial charge >= 0.3 is 0 Å². The van der Waals surface area contributed by atoms with E-state index in [0.29, 0.717) is 17.5 Å². The molecule has 10 rings (SSSR count). The summed E-state index contributed by atoms with van der Waals surface area (Å²) in [5.74, 6) is 3.59. The van der Waals surface area contributed by atoms with Gasteiger partial charge in [0.1, 0.15) is 11.5 Å². The fourth-order valence-corrected chi connectivity index (χ4v) is 7.89. The highest BCUT2D eigenvalue weighted by molar-refractivity contribution is 5.95. The molecule has 0 bridgehead atoms. The molecule has 0 unspecified atom stereocenters. The molecule has 4 nitrogen and oxygen atoms in total. The Labute approximate surface area is 290 Å². The first kappa shape index (κ1) is 28.4. The van der Waals surface area contributed by atoms with E-state index in [9.17, 15) is 0 Å². The minimum absolute atomic E-state index is 0.631. The molecule has 0 N–H and O–H groups in total. The summed E-state index contributed by atoms with van der Waals surface area (Å²) < 4.78 is 6.65. The SMILES string of the molecule is c1ccc(-c2ccc3c(c2)-c2cccc(-c4nc(-c5ccccc5)nc(-c5ccccc5)n4)c2C32c3ccccc3Oc3ccccc32)cc1. The summed E-state index contributed by atoms with van der Waals surface area (Å²) in [4.78, 5) is 15.5. The lowest BCUT2D eigenvalue weighted by atomic mass is 9.65. The number of ether oxygens (including phenoxy) is 1. The van der Waals surface area contributed by atoms with E-state index >= 15 is 0 Å². The maximum absolute atomic E-state index is 6.65. The lowest BCUT2D eigenvalue weighted by molar-refractivity contribution is 0.436. The number of aromatic nitrogens is 3. The van der Waals surface area contributed by atoms with Crippen molar-refractivity contribution in [1.29, 1.82) is 0 Å². The summed E-state index contributed by atoms with van der Waals surface area (Å²) in [7, 11) is 0. The van der Waals surface area contributed by atoms with Crippen LogP contribution in [0.5, 0.6) is 11.5 Å². The Balaban J connectivity index is 1.32. The first-order valence-corrected chi connectivity index (χ1v) is 16.9. The Morgan fingerprint density at radius 2 is 0.840 bits per heavy atom. The van der Waals surface area contributed by atoms with Crippen LogP contribution in [0.3, 0.4) is 0 Å². The summed E-state index contributed by atoms with van der Waals surface area (Å²) in [6, 6.07) is 61.3. The molecule has 2 aliphatic rings. The first-order chi connectivity index (χ1) is 24.8. The fourth-order valence-electron chi connectivity index (χ4n) is 7.89. The van der Waals surface area contributed by atoms with Crippen molar-refractivity contribution in [2.24, 2.45) is 0 Å². The van der Waals surface area contributed by atoms with Crippen LogP contribution in [-0.2, 0) is 5.41 Å². The number of para-hydroxylation sites is 2. The van der Waals surface area contributed by atoms with Crippen LogP contribution in [0.25, 0.3) is 56.4 Å². The topological polar surface area (TPSA) is 47.9 Å². The molecule has 0 saturated heterocycles. The summed E-state index contributed by atoms with van der Waals surface area (Å²) in [6.45, 7) is 0. The quantitative estimate of drug-likeness (QED) is 0.192. The normalized spacial score (nSPS) is 13.1. The zero-order valence-corrected chi connectivity index (χ0v) is 27.0. The number of hydrogen-bond acceptors (Lipinski definition) is 4. The van der Waals surface area contributed by atoms with E-state index in [1.807, 2.05) is 48.5 Å². The number of hydrogen-bond donors (Lipinski definition) is 0. The van der Waals surface area contributed by atoms with Crippen molar-refractivity contribution in [3.63, 3.8) is 0 Å². The fraction of sp³-hybridized carbons (Fsp3) is 0.0217. The smallest absolute Gasteiger partial charge is 0.164 e. The van der Waals surface area contributed by atoms with E-state index in [1.165, 1.54) is 22.3 Å². The van der Waals surface area contributed by atoms with Gasteiger partial charge in [0.2, 0.25) is 0 Å². The first-order valence-electron chi connectivity index (χ1n) is 16.9. The van der Waals surface area contributed by atoms with Gasteiger partial charge in [-0.3, -0.25) is 0 Å². The van der Waals surface area contributed by atoms with Crippen molar-refractivity contribution >= 4 is 0 Å². The molecule has 7 aromatic carbocycles. The predicted molar refractivity (Wildman–Crippen MR) is 199 cm³/mol. The largest absolute Gasteiger partial charge is 0.457 e. The van der Waals surface area contributed by atoms with Gasteiger partial charge < -0.3 is 4.74 Å². The Morgan fingerprint density at radius 3 is 1.44 bits per heavy atom. The average Bonchev–Trinajstić information content (AvgIpc) is 3.49. The third-order valence-electron chi connectivity index (χ3n) is 10.0. The summed E-state index contributed by atoms with van der Waals surface area (Å²) in [5.41, 5.74) is 11.4. The third-order valence-corrected chi connectivity index (χ3v) is 10.0. The van der Waals surface area contributed by atoms with Crippen LogP contribution in [0.15, 0.2) is 176 Å². The Kier molecular flexibility index (Phi) is 6.36. The van der Waals surface area contributed by atoms with E-state index in [2.05, 4.69) is 127 Å². The molecule has 1 aliphatic carbocycles. The number of fused-ring (bicyclic) bond motifs is 9. The van der Waals surface area contributed by atoms with Gasteiger partial charge in [-0.2, -0.15) is 0 Å². The molecule has 1 aliphatic heterocycles. The highest BCUT2D eigenvalue weighted by Gasteiger charge is 2.52. The second kappa shape index (κ2) is 11.2. The van der Waals surface area contributed by atoms with Crippen molar-refractivity contribution in [1.82, 2.24) is 15.0 Å². The molecule has 1 aromatic heterocycles.